The summed E-state index contributed by atoms with van der Waals surface area (Å²) < 4.78 is 5.37. The lowest BCUT2D eigenvalue weighted by atomic mass is 9.96. The van der Waals surface area contributed by atoms with Gasteiger partial charge in [-0.1, -0.05) is 49.4 Å². The van der Waals surface area contributed by atoms with Crippen LogP contribution in [0.5, 0.6) is 0 Å². The Bertz CT molecular complexity index is 770. The SMILES string of the molecule is C[C@@H]1CN(CCc2ccc3ccccc3c2)C[C@H]1C(=O)N1CCOCC1. The van der Waals surface area contributed by atoms with Gasteiger partial charge in [-0.2, -0.15) is 0 Å². The summed E-state index contributed by atoms with van der Waals surface area (Å²) >= 11 is 0. The van der Waals surface area contributed by atoms with Gasteiger partial charge in [0.1, 0.15) is 0 Å². The molecule has 0 aliphatic carbocycles. The normalized spacial score (nSPS) is 24.3. The van der Waals surface area contributed by atoms with E-state index in [2.05, 4.69) is 54.3 Å². The number of fused-ring (bicyclic) bond motifs is 1. The number of hydrogen-bond donors (Lipinski definition) is 0. The van der Waals surface area contributed by atoms with Gasteiger partial charge >= 0.3 is 0 Å². The second-order valence-electron chi connectivity index (χ2n) is 7.71. The molecular weight excluding hydrogens is 324 g/mol. The molecule has 0 N–H and O–H groups in total. The van der Waals surface area contributed by atoms with E-state index in [1.54, 1.807) is 0 Å². The van der Waals surface area contributed by atoms with E-state index in [1.807, 2.05) is 4.90 Å². The van der Waals surface area contributed by atoms with Crippen LogP contribution in [0.3, 0.4) is 0 Å². The minimum Gasteiger partial charge on any atom is -0.378 e. The lowest BCUT2D eigenvalue weighted by molar-refractivity contribution is -0.140. The molecule has 2 aromatic rings. The fourth-order valence-corrected chi connectivity index (χ4v) is 4.27. The Morgan fingerprint density at radius 3 is 2.65 bits per heavy atom. The molecule has 0 unspecified atom stereocenters. The van der Waals surface area contributed by atoms with E-state index in [1.165, 1.54) is 16.3 Å². The molecule has 138 valence electrons. The largest absolute Gasteiger partial charge is 0.378 e. The predicted molar refractivity (Wildman–Crippen MR) is 104 cm³/mol. The molecule has 0 spiro atoms. The van der Waals surface area contributed by atoms with Crippen LogP contribution in [0.4, 0.5) is 0 Å². The summed E-state index contributed by atoms with van der Waals surface area (Å²) in [4.78, 5) is 17.3. The summed E-state index contributed by atoms with van der Waals surface area (Å²) in [5.41, 5.74) is 1.37. The summed E-state index contributed by atoms with van der Waals surface area (Å²) in [6.45, 7) is 8.02. The highest BCUT2D eigenvalue weighted by atomic mass is 16.5. The van der Waals surface area contributed by atoms with Gasteiger partial charge in [-0.3, -0.25) is 4.79 Å². The van der Waals surface area contributed by atoms with Crippen molar-refractivity contribution >= 4 is 16.7 Å². The van der Waals surface area contributed by atoms with Gasteiger partial charge in [-0.15, -0.1) is 0 Å². The summed E-state index contributed by atoms with van der Waals surface area (Å²) in [6, 6.07) is 15.2. The minimum absolute atomic E-state index is 0.143. The first-order valence-electron chi connectivity index (χ1n) is 9.77. The van der Waals surface area contributed by atoms with Gasteiger partial charge in [0, 0.05) is 32.7 Å². The molecule has 1 amide bonds. The first-order chi connectivity index (χ1) is 12.7. The van der Waals surface area contributed by atoms with Crippen molar-refractivity contribution in [2.45, 2.75) is 13.3 Å². The third-order valence-corrected chi connectivity index (χ3v) is 5.86. The Morgan fingerprint density at radius 1 is 1.08 bits per heavy atom. The van der Waals surface area contributed by atoms with Gasteiger partial charge < -0.3 is 14.5 Å². The molecule has 0 bridgehead atoms. The number of morpholine rings is 1. The van der Waals surface area contributed by atoms with Crippen molar-refractivity contribution in [1.82, 2.24) is 9.80 Å². The van der Waals surface area contributed by atoms with Gasteiger partial charge in [0.25, 0.3) is 0 Å². The Kier molecular flexibility index (Phi) is 5.23. The van der Waals surface area contributed by atoms with Crippen molar-refractivity contribution < 1.29 is 9.53 Å². The maximum absolute atomic E-state index is 12.8. The van der Waals surface area contributed by atoms with Crippen LogP contribution in [0, 0.1) is 11.8 Å². The van der Waals surface area contributed by atoms with E-state index in [-0.39, 0.29) is 5.92 Å². The van der Waals surface area contributed by atoms with Crippen LogP contribution in [0.25, 0.3) is 10.8 Å². The van der Waals surface area contributed by atoms with Crippen molar-refractivity contribution in [2.75, 3.05) is 45.9 Å². The molecule has 2 heterocycles. The molecule has 26 heavy (non-hydrogen) atoms. The van der Waals surface area contributed by atoms with E-state index in [0.717, 1.165) is 39.1 Å². The second kappa shape index (κ2) is 7.77. The van der Waals surface area contributed by atoms with Gasteiger partial charge in [0.15, 0.2) is 0 Å². The highest BCUT2D eigenvalue weighted by Gasteiger charge is 2.37. The molecule has 4 heteroatoms. The average Bonchev–Trinajstić information content (AvgIpc) is 3.07. The fourth-order valence-electron chi connectivity index (χ4n) is 4.27. The highest BCUT2D eigenvalue weighted by Crippen LogP contribution is 2.26. The maximum atomic E-state index is 12.8. The smallest absolute Gasteiger partial charge is 0.227 e. The van der Waals surface area contributed by atoms with Crippen molar-refractivity contribution in [2.24, 2.45) is 11.8 Å². The average molecular weight is 352 g/mol. The number of nitrogens with zero attached hydrogens (tertiary/aromatic N) is 2. The van der Waals surface area contributed by atoms with Gasteiger partial charge in [-0.25, -0.2) is 0 Å². The number of hydrogen-bond acceptors (Lipinski definition) is 3. The zero-order valence-corrected chi connectivity index (χ0v) is 15.6. The van der Waals surface area contributed by atoms with E-state index >= 15 is 0 Å². The Morgan fingerprint density at radius 2 is 1.85 bits per heavy atom. The predicted octanol–water partition coefficient (Wildman–Crippen LogP) is 2.81. The van der Waals surface area contributed by atoms with Crippen molar-refractivity contribution in [1.29, 1.82) is 0 Å². The summed E-state index contributed by atoms with van der Waals surface area (Å²) in [6.07, 6.45) is 1.04. The number of ether oxygens (including phenoxy) is 1. The zero-order valence-electron chi connectivity index (χ0n) is 15.6. The molecule has 4 nitrogen and oxygen atoms in total. The van der Waals surface area contributed by atoms with Gasteiger partial charge in [0.2, 0.25) is 5.91 Å². The molecule has 0 saturated carbocycles. The standard InChI is InChI=1S/C22H28N2O2/c1-17-15-23(16-21(17)22(25)24-10-12-26-13-11-24)9-8-18-6-7-19-4-2-3-5-20(19)14-18/h2-7,14,17,21H,8-13,15-16H2,1H3/t17-,21-/m1/s1. The van der Waals surface area contributed by atoms with Crippen LogP contribution in [-0.4, -0.2) is 61.6 Å². The summed E-state index contributed by atoms with van der Waals surface area (Å²) in [5, 5.41) is 2.60. The minimum atomic E-state index is 0.143. The van der Waals surface area contributed by atoms with E-state index in [9.17, 15) is 4.79 Å². The lowest BCUT2D eigenvalue weighted by Gasteiger charge is -2.30. The fraction of sp³-hybridized carbons (Fsp3) is 0.500. The molecule has 4 rings (SSSR count). The van der Waals surface area contributed by atoms with E-state index < -0.39 is 0 Å². The maximum Gasteiger partial charge on any atom is 0.227 e. The van der Waals surface area contributed by atoms with Crippen molar-refractivity contribution in [3.63, 3.8) is 0 Å². The first kappa shape index (κ1) is 17.5. The Labute approximate surface area is 155 Å². The molecule has 2 aromatic carbocycles. The van der Waals surface area contributed by atoms with Crippen LogP contribution in [-0.2, 0) is 16.0 Å². The van der Waals surface area contributed by atoms with Crippen LogP contribution < -0.4 is 0 Å². The molecule has 2 aliphatic heterocycles. The quantitative estimate of drug-likeness (QED) is 0.848. The molecule has 2 fully saturated rings. The molecule has 0 aromatic heterocycles. The zero-order chi connectivity index (χ0) is 17.9. The number of likely N-dealkylation sites (tertiary alicyclic amines) is 1. The van der Waals surface area contributed by atoms with Crippen LogP contribution in [0.1, 0.15) is 12.5 Å². The van der Waals surface area contributed by atoms with Crippen LogP contribution in [0.15, 0.2) is 42.5 Å². The molecule has 2 atom stereocenters. The monoisotopic (exact) mass is 352 g/mol. The lowest BCUT2D eigenvalue weighted by Crippen LogP contribution is -2.45. The van der Waals surface area contributed by atoms with Crippen LogP contribution >= 0.6 is 0 Å². The third-order valence-electron chi connectivity index (χ3n) is 5.86. The Hall–Kier alpha value is -1.91. The van der Waals surface area contributed by atoms with Crippen molar-refractivity contribution in [3.05, 3.63) is 48.0 Å². The summed E-state index contributed by atoms with van der Waals surface area (Å²) in [7, 11) is 0. The van der Waals surface area contributed by atoms with Gasteiger partial charge in [0.05, 0.1) is 19.1 Å². The Balaban J connectivity index is 1.34. The van der Waals surface area contributed by atoms with E-state index in [0.29, 0.717) is 25.0 Å². The van der Waals surface area contributed by atoms with E-state index in [4.69, 9.17) is 4.74 Å². The third kappa shape index (κ3) is 3.76. The topological polar surface area (TPSA) is 32.8 Å². The summed E-state index contributed by atoms with van der Waals surface area (Å²) in [5.74, 6) is 0.903. The number of benzene rings is 2. The second-order valence-corrected chi connectivity index (χ2v) is 7.71. The highest BCUT2D eigenvalue weighted by molar-refractivity contribution is 5.83. The van der Waals surface area contributed by atoms with Gasteiger partial charge in [-0.05, 0) is 28.7 Å². The first-order valence-corrected chi connectivity index (χ1v) is 9.77. The number of carbonyl (C=O) groups excluding carboxylic acids is 1. The molecule has 2 aliphatic rings. The number of carbonyl (C=O) groups is 1. The molecule has 0 radical (unpaired) electrons. The number of rotatable bonds is 4. The molecule has 2 saturated heterocycles. The van der Waals surface area contributed by atoms with Crippen molar-refractivity contribution in [3.8, 4) is 0 Å². The number of amides is 1. The van der Waals surface area contributed by atoms with Crippen LogP contribution in [0.2, 0.25) is 0 Å². The molecular formula is C22H28N2O2.